The van der Waals surface area contributed by atoms with Crippen molar-refractivity contribution in [3.63, 3.8) is 0 Å². The number of anilines is 1. The number of hydrogen-bond donors (Lipinski definition) is 0. The first kappa shape index (κ1) is 23.4. The van der Waals surface area contributed by atoms with Crippen LogP contribution in [0.15, 0.2) is 53.4 Å². The number of ether oxygens (including phenoxy) is 2. The third-order valence-corrected chi connectivity index (χ3v) is 6.37. The summed E-state index contributed by atoms with van der Waals surface area (Å²) in [5.74, 6) is 1.34. The number of rotatable bonds is 11. The second-order valence-electron chi connectivity index (χ2n) is 7.37. The molecule has 164 valence electrons. The van der Waals surface area contributed by atoms with E-state index in [4.69, 9.17) is 21.7 Å². The molecule has 1 saturated heterocycles. The summed E-state index contributed by atoms with van der Waals surface area (Å²) in [6, 6.07) is 15.2. The molecule has 6 heteroatoms. The molecular formula is C25H29NO3S2. The summed E-state index contributed by atoms with van der Waals surface area (Å²) in [6.07, 6.45) is 9.35. The standard InChI is InChI=1S/C25H29NO3S2/c1-3-4-5-6-7-10-17-29-20-15-13-19(14-16-20)18-23-24(27)26(25(30)31-23)21-11-8-9-12-22(21)28-2/h8-9,11-16,18H,3-7,10,17H2,1-2H3/b23-18-. The van der Waals surface area contributed by atoms with Crippen LogP contribution in [0.1, 0.15) is 51.0 Å². The van der Waals surface area contributed by atoms with Gasteiger partial charge in [-0.1, -0.05) is 87.3 Å². The maximum absolute atomic E-state index is 13.0. The molecule has 0 bridgehead atoms. The number of nitrogens with zero attached hydrogens (tertiary/aromatic N) is 1. The predicted octanol–water partition coefficient (Wildman–Crippen LogP) is 6.84. The zero-order valence-electron chi connectivity index (χ0n) is 18.1. The molecular weight excluding hydrogens is 426 g/mol. The van der Waals surface area contributed by atoms with Crippen molar-refractivity contribution >= 4 is 46.0 Å². The summed E-state index contributed by atoms with van der Waals surface area (Å²) in [7, 11) is 1.59. The average Bonchev–Trinajstić information content (AvgIpc) is 3.06. The van der Waals surface area contributed by atoms with Crippen molar-refractivity contribution in [2.75, 3.05) is 18.6 Å². The number of thiocarbonyl (C=S) groups is 1. The number of thioether (sulfide) groups is 1. The summed E-state index contributed by atoms with van der Waals surface area (Å²) in [4.78, 5) is 15.1. The normalized spacial score (nSPS) is 15.0. The maximum Gasteiger partial charge on any atom is 0.270 e. The molecule has 0 atom stereocenters. The van der Waals surface area contributed by atoms with Gasteiger partial charge in [0.15, 0.2) is 4.32 Å². The molecule has 0 spiro atoms. The van der Waals surface area contributed by atoms with E-state index < -0.39 is 0 Å². The maximum atomic E-state index is 13.0. The Hall–Kier alpha value is -2.31. The van der Waals surface area contributed by atoms with Crippen molar-refractivity contribution in [3.8, 4) is 11.5 Å². The van der Waals surface area contributed by atoms with Gasteiger partial charge in [0.25, 0.3) is 5.91 Å². The van der Waals surface area contributed by atoms with E-state index in [1.54, 1.807) is 7.11 Å². The van der Waals surface area contributed by atoms with Crippen LogP contribution in [-0.2, 0) is 4.79 Å². The highest BCUT2D eigenvalue weighted by Crippen LogP contribution is 2.39. The van der Waals surface area contributed by atoms with Crippen LogP contribution in [0.2, 0.25) is 0 Å². The molecule has 1 aliphatic heterocycles. The Morgan fingerprint density at radius 2 is 1.71 bits per heavy atom. The summed E-state index contributed by atoms with van der Waals surface area (Å²) >= 11 is 6.77. The molecule has 1 amide bonds. The smallest absolute Gasteiger partial charge is 0.270 e. The Bertz CT molecular complexity index is 925. The van der Waals surface area contributed by atoms with E-state index in [9.17, 15) is 4.79 Å². The van der Waals surface area contributed by atoms with Crippen LogP contribution >= 0.6 is 24.0 Å². The molecule has 0 aliphatic carbocycles. The molecule has 3 rings (SSSR count). The Balaban J connectivity index is 1.58. The van der Waals surface area contributed by atoms with Crippen molar-refractivity contribution in [2.45, 2.75) is 45.4 Å². The fraction of sp³-hybridized carbons (Fsp3) is 0.360. The van der Waals surface area contributed by atoms with Crippen molar-refractivity contribution in [3.05, 3.63) is 59.0 Å². The Kier molecular flexibility index (Phi) is 8.98. The summed E-state index contributed by atoms with van der Waals surface area (Å²) < 4.78 is 11.7. The molecule has 1 fully saturated rings. The van der Waals surface area contributed by atoms with E-state index in [0.717, 1.165) is 24.3 Å². The Morgan fingerprint density at radius 3 is 2.45 bits per heavy atom. The highest BCUT2D eigenvalue weighted by molar-refractivity contribution is 8.27. The van der Waals surface area contributed by atoms with Gasteiger partial charge in [0.05, 0.1) is 24.3 Å². The van der Waals surface area contributed by atoms with Gasteiger partial charge < -0.3 is 9.47 Å². The van der Waals surface area contributed by atoms with Gasteiger partial charge in [0.2, 0.25) is 0 Å². The summed E-state index contributed by atoms with van der Waals surface area (Å²) in [5.41, 5.74) is 1.60. The predicted molar refractivity (Wildman–Crippen MR) is 134 cm³/mol. The third kappa shape index (κ3) is 6.34. The first-order valence-corrected chi connectivity index (χ1v) is 12.0. The number of hydrogen-bond acceptors (Lipinski definition) is 5. The van der Waals surface area contributed by atoms with Gasteiger partial charge in [-0.15, -0.1) is 0 Å². The molecule has 0 aromatic heterocycles. The van der Waals surface area contributed by atoms with E-state index >= 15 is 0 Å². The topological polar surface area (TPSA) is 38.8 Å². The lowest BCUT2D eigenvalue weighted by atomic mass is 10.1. The van der Waals surface area contributed by atoms with E-state index in [2.05, 4.69) is 6.92 Å². The molecule has 0 saturated carbocycles. The molecule has 0 N–H and O–H groups in total. The monoisotopic (exact) mass is 455 g/mol. The fourth-order valence-electron chi connectivity index (χ4n) is 3.37. The summed E-state index contributed by atoms with van der Waals surface area (Å²) in [6.45, 7) is 2.97. The summed E-state index contributed by atoms with van der Waals surface area (Å²) in [5, 5.41) is 0. The second-order valence-corrected chi connectivity index (χ2v) is 9.05. The van der Waals surface area contributed by atoms with Crippen LogP contribution in [0, 0.1) is 0 Å². The highest BCUT2D eigenvalue weighted by Gasteiger charge is 2.34. The van der Waals surface area contributed by atoms with Crippen LogP contribution < -0.4 is 14.4 Å². The number of carbonyl (C=O) groups excluding carboxylic acids is 1. The van der Waals surface area contributed by atoms with Gasteiger partial charge in [0, 0.05) is 0 Å². The minimum atomic E-state index is -0.136. The largest absolute Gasteiger partial charge is 0.495 e. The molecule has 2 aromatic rings. The quantitative estimate of drug-likeness (QED) is 0.211. The van der Waals surface area contributed by atoms with E-state index in [1.807, 2.05) is 54.6 Å². The van der Waals surface area contributed by atoms with Crippen molar-refractivity contribution in [2.24, 2.45) is 0 Å². The first-order chi connectivity index (χ1) is 15.1. The Morgan fingerprint density at radius 1 is 1.00 bits per heavy atom. The van der Waals surface area contributed by atoms with E-state index in [-0.39, 0.29) is 5.91 Å². The van der Waals surface area contributed by atoms with Gasteiger partial charge >= 0.3 is 0 Å². The van der Waals surface area contributed by atoms with Crippen LogP contribution in [-0.4, -0.2) is 23.9 Å². The molecule has 2 aromatic carbocycles. The molecule has 4 nitrogen and oxygen atoms in total. The highest BCUT2D eigenvalue weighted by atomic mass is 32.2. The van der Waals surface area contributed by atoms with Crippen LogP contribution in [0.5, 0.6) is 11.5 Å². The molecule has 1 aliphatic rings. The minimum Gasteiger partial charge on any atom is -0.495 e. The van der Waals surface area contributed by atoms with Gasteiger partial charge in [-0.3, -0.25) is 9.69 Å². The lowest BCUT2D eigenvalue weighted by molar-refractivity contribution is -0.113. The lowest BCUT2D eigenvalue weighted by Crippen LogP contribution is -2.27. The first-order valence-electron chi connectivity index (χ1n) is 10.8. The number of carbonyl (C=O) groups is 1. The van der Waals surface area contributed by atoms with Gasteiger partial charge in [0.1, 0.15) is 11.5 Å². The van der Waals surface area contributed by atoms with Crippen molar-refractivity contribution in [1.29, 1.82) is 0 Å². The number of amides is 1. The molecule has 0 unspecified atom stereocenters. The van der Waals surface area contributed by atoms with Gasteiger partial charge in [-0.2, -0.15) is 0 Å². The molecule has 0 radical (unpaired) electrons. The average molecular weight is 456 g/mol. The van der Waals surface area contributed by atoms with E-state index in [1.165, 1.54) is 48.8 Å². The molecule has 31 heavy (non-hydrogen) atoms. The fourth-order valence-corrected chi connectivity index (χ4v) is 4.66. The molecule has 1 heterocycles. The lowest BCUT2D eigenvalue weighted by Gasteiger charge is -2.17. The van der Waals surface area contributed by atoms with Crippen molar-refractivity contribution < 1.29 is 14.3 Å². The number of benzene rings is 2. The third-order valence-electron chi connectivity index (χ3n) is 5.06. The van der Waals surface area contributed by atoms with Crippen LogP contribution in [0.25, 0.3) is 6.08 Å². The van der Waals surface area contributed by atoms with Crippen molar-refractivity contribution in [1.82, 2.24) is 0 Å². The van der Waals surface area contributed by atoms with E-state index in [0.29, 0.717) is 20.7 Å². The zero-order valence-corrected chi connectivity index (χ0v) is 19.8. The number of methoxy groups -OCH3 is 1. The van der Waals surface area contributed by atoms with Gasteiger partial charge in [-0.05, 0) is 42.3 Å². The zero-order chi connectivity index (χ0) is 22.1. The SMILES string of the molecule is CCCCCCCCOc1ccc(/C=C2\SC(=S)N(c3ccccc3OC)C2=O)cc1. The van der Waals surface area contributed by atoms with Crippen LogP contribution in [0.3, 0.4) is 0 Å². The van der Waals surface area contributed by atoms with Crippen LogP contribution in [0.4, 0.5) is 5.69 Å². The Labute approximate surface area is 194 Å². The minimum absolute atomic E-state index is 0.136. The van der Waals surface area contributed by atoms with Gasteiger partial charge in [-0.25, -0.2) is 0 Å². The number of unbranched alkanes of at least 4 members (excludes halogenated alkanes) is 5. The second kappa shape index (κ2) is 11.9. The number of para-hydroxylation sites is 2.